The molecule has 2 rings (SSSR count). The van der Waals surface area contributed by atoms with Crippen LogP contribution in [0.1, 0.15) is 18.9 Å². The Kier molecular flexibility index (Phi) is 9.02. The first kappa shape index (κ1) is 19.1. The largest absolute Gasteiger partial charge is 0.379 e. The van der Waals surface area contributed by atoms with Crippen molar-refractivity contribution in [2.45, 2.75) is 24.8 Å². The Morgan fingerprint density at radius 1 is 1.21 bits per heavy atom. The van der Waals surface area contributed by atoms with Crippen molar-refractivity contribution in [3.63, 3.8) is 0 Å². The third-order valence-electron chi connectivity index (χ3n) is 3.97. The summed E-state index contributed by atoms with van der Waals surface area (Å²) in [4.78, 5) is 8.43. The molecule has 0 bridgehead atoms. The number of rotatable bonds is 8. The molecule has 134 valence electrons. The van der Waals surface area contributed by atoms with E-state index in [4.69, 9.17) is 4.74 Å². The number of aliphatic imine (C=N–C) groups is 1. The molecule has 5 nitrogen and oxygen atoms in total. The number of hydrogen-bond acceptors (Lipinski definition) is 4. The molecule has 1 aliphatic heterocycles. The standard InChI is InChI=1S/C18H30N4OS/c1-3-19-18(20-9-4-10-22-11-13-23-14-12-22)21-15-16-5-7-17(24-2)8-6-16/h5-8H,3-4,9-15H2,1-2H3,(H2,19,20,21). The summed E-state index contributed by atoms with van der Waals surface area (Å²) in [5, 5.41) is 6.74. The fourth-order valence-electron chi connectivity index (χ4n) is 2.58. The highest BCUT2D eigenvalue weighted by Gasteiger charge is 2.09. The van der Waals surface area contributed by atoms with E-state index in [1.165, 1.54) is 10.5 Å². The van der Waals surface area contributed by atoms with Crippen molar-refractivity contribution >= 4 is 17.7 Å². The number of ether oxygens (including phenoxy) is 1. The van der Waals surface area contributed by atoms with E-state index in [0.29, 0.717) is 6.54 Å². The van der Waals surface area contributed by atoms with Crippen LogP contribution in [-0.2, 0) is 11.3 Å². The Balaban J connectivity index is 1.72. The van der Waals surface area contributed by atoms with E-state index < -0.39 is 0 Å². The minimum atomic E-state index is 0.702. The Labute approximate surface area is 150 Å². The van der Waals surface area contributed by atoms with Gasteiger partial charge in [-0.15, -0.1) is 11.8 Å². The van der Waals surface area contributed by atoms with Gasteiger partial charge in [-0.05, 0) is 43.8 Å². The van der Waals surface area contributed by atoms with E-state index in [2.05, 4.69) is 58.0 Å². The fourth-order valence-corrected chi connectivity index (χ4v) is 2.99. The molecule has 1 aromatic rings. The maximum atomic E-state index is 5.38. The quantitative estimate of drug-likeness (QED) is 0.326. The van der Waals surface area contributed by atoms with Gasteiger partial charge in [-0.3, -0.25) is 4.90 Å². The fraction of sp³-hybridized carbons (Fsp3) is 0.611. The second-order valence-corrected chi connectivity index (χ2v) is 6.66. The molecule has 0 aliphatic carbocycles. The first-order valence-electron chi connectivity index (χ1n) is 8.77. The topological polar surface area (TPSA) is 48.9 Å². The number of nitrogens with one attached hydrogen (secondary N) is 2. The van der Waals surface area contributed by atoms with Gasteiger partial charge in [-0.25, -0.2) is 4.99 Å². The predicted octanol–water partition coefficient (Wildman–Crippen LogP) is 2.19. The molecule has 0 amide bonds. The molecule has 1 heterocycles. The summed E-state index contributed by atoms with van der Waals surface area (Å²) >= 11 is 1.76. The molecule has 0 atom stereocenters. The molecule has 1 fully saturated rings. The molecular formula is C18H30N4OS. The molecule has 0 radical (unpaired) electrons. The third kappa shape index (κ3) is 7.11. The Hall–Kier alpha value is -1.24. The summed E-state index contributed by atoms with van der Waals surface area (Å²) in [5.74, 6) is 0.897. The molecular weight excluding hydrogens is 320 g/mol. The van der Waals surface area contributed by atoms with Crippen LogP contribution in [0.5, 0.6) is 0 Å². The van der Waals surface area contributed by atoms with Crippen LogP contribution in [0.3, 0.4) is 0 Å². The van der Waals surface area contributed by atoms with Crippen LogP contribution in [0.2, 0.25) is 0 Å². The molecule has 1 aliphatic rings. The predicted molar refractivity (Wildman–Crippen MR) is 103 cm³/mol. The summed E-state index contributed by atoms with van der Waals surface area (Å²) in [7, 11) is 0. The van der Waals surface area contributed by atoms with Crippen molar-refractivity contribution in [1.82, 2.24) is 15.5 Å². The van der Waals surface area contributed by atoms with Crippen molar-refractivity contribution in [2.75, 3.05) is 52.2 Å². The molecule has 24 heavy (non-hydrogen) atoms. The molecule has 1 saturated heterocycles. The third-order valence-corrected chi connectivity index (χ3v) is 4.71. The number of nitrogens with zero attached hydrogens (tertiary/aromatic N) is 2. The van der Waals surface area contributed by atoms with Crippen LogP contribution >= 0.6 is 11.8 Å². The summed E-state index contributed by atoms with van der Waals surface area (Å²) < 4.78 is 5.38. The van der Waals surface area contributed by atoms with Crippen LogP contribution in [0.25, 0.3) is 0 Å². The average molecular weight is 351 g/mol. The lowest BCUT2D eigenvalue weighted by Crippen LogP contribution is -2.40. The van der Waals surface area contributed by atoms with Crippen LogP contribution < -0.4 is 10.6 Å². The molecule has 0 spiro atoms. The molecule has 6 heteroatoms. The highest BCUT2D eigenvalue weighted by atomic mass is 32.2. The zero-order valence-corrected chi connectivity index (χ0v) is 15.7. The van der Waals surface area contributed by atoms with Crippen LogP contribution in [0.4, 0.5) is 0 Å². The Morgan fingerprint density at radius 2 is 1.96 bits per heavy atom. The summed E-state index contributed by atoms with van der Waals surface area (Å²) in [6.45, 7) is 9.58. The second-order valence-electron chi connectivity index (χ2n) is 5.78. The number of hydrogen-bond donors (Lipinski definition) is 2. The second kappa shape index (κ2) is 11.3. The van der Waals surface area contributed by atoms with E-state index in [-0.39, 0.29) is 0 Å². The van der Waals surface area contributed by atoms with E-state index in [0.717, 1.165) is 58.3 Å². The van der Waals surface area contributed by atoms with Gasteiger partial charge in [-0.1, -0.05) is 12.1 Å². The molecule has 2 N–H and O–H groups in total. The minimum Gasteiger partial charge on any atom is -0.379 e. The lowest BCUT2D eigenvalue weighted by Gasteiger charge is -2.26. The molecule has 0 unspecified atom stereocenters. The minimum absolute atomic E-state index is 0.702. The first-order chi connectivity index (χ1) is 11.8. The summed E-state index contributed by atoms with van der Waals surface area (Å²) in [5.41, 5.74) is 1.23. The maximum Gasteiger partial charge on any atom is 0.191 e. The maximum absolute atomic E-state index is 5.38. The number of thioether (sulfide) groups is 1. The van der Waals surface area contributed by atoms with Gasteiger partial charge >= 0.3 is 0 Å². The summed E-state index contributed by atoms with van der Waals surface area (Å²) in [6, 6.07) is 8.60. The smallest absolute Gasteiger partial charge is 0.191 e. The lowest BCUT2D eigenvalue weighted by molar-refractivity contribution is 0.0376. The van der Waals surface area contributed by atoms with Crippen molar-refractivity contribution in [2.24, 2.45) is 4.99 Å². The van der Waals surface area contributed by atoms with Crippen molar-refractivity contribution in [3.8, 4) is 0 Å². The molecule has 1 aromatic carbocycles. The van der Waals surface area contributed by atoms with E-state index in [1.54, 1.807) is 11.8 Å². The zero-order chi connectivity index (χ0) is 17.0. The van der Waals surface area contributed by atoms with E-state index in [9.17, 15) is 0 Å². The van der Waals surface area contributed by atoms with Gasteiger partial charge in [-0.2, -0.15) is 0 Å². The lowest BCUT2D eigenvalue weighted by atomic mass is 10.2. The average Bonchev–Trinajstić information content (AvgIpc) is 2.64. The highest BCUT2D eigenvalue weighted by Crippen LogP contribution is 2.15. The summed E-state index contributed by atoms with van der Waals surface area (Å²) in [6.07, 6.45) is 3.21. The van der Waals surface area contributed by atoms with Gasteiger partial charge in [0.1, 0.15) is 0 Å². The highest BCUT2D eigenvalue weighted by molar-refractivity contribution is 7.98. The normalized spacial score (nSPS) is 16.2. The van der Waals surface area contributed by atoms with Crippen molar-refractivity contribution in [1.29, 1.82) is 0 Å². The van der Waals surface area contributed by atoms with Crippen LogP contribution in [-0.4, -0.2) is 63.1 Å². The van der Waals surface area contributed by atoms with Crippen molar-refractivity contribution in [3.05, 3.63) is 29.8 Å². The number of benzene rings is 1. The SMILES string of the molecule is CCNC(=NCc1ccc(SC)cc1)NCCCN1CCOCC1. The van der Waals surface area contributed by atoms with Crippen LogP contribution in [0, 0.1) is 0 Å². The van der Waals surface area contributed by atoms with Gasteiger partial charge in [0.2, 0.25) is 0 Å². The Morgan fingerprint density at radius 3 is 2.62 bits per heavy atom. The monoisotopic (exact) mass is 350 g/mol. The van der Waals surface area contributed by atoms with Crippen molar-refractivity contribution < 1.29 is 4.74 Å². The van der Waals surface area contributed by atoms with E-state index >= 15 is 0 Å². The van der Waals surface area contributed by atoms with Gasteiger partial charge in [0, 0.05) is 31.1 Å². The van der Waals surface area contributed by atoms with Gasteiger partial charge in [0.25, 0.3) is 0 Å². The number of guanidine groups is 1. The van der Waals surface area contributed by atoms with E-state index in [1.807, 2.05) is 0 Å². The first-order valence-corrected chi connectivity index (χ1v) is 9.99. The van der Waals surface area contributed by atoms with Gasteiger partial charge in [0.15, 0.2) is 5.96 Å². The molecule has 0 aromatic heterocycles. The molecule has 0 saturated carbocycles. The number of morpholine rings is 1. The van der Waals surface area contributed by atoms with Gasteiger partial charge < -0.3 is 15.4 Å². The van der Waals surface area contributed by atoms with Gasteiger partial charge in [0.05, 0.1) is 19.8 Å². The Bertz CT molecular complexity index is 486. The van der Waals surface area contributed by atoms with Crippen LogP contribution in [0.15, 0.2) is 34.2 Å². The zero-order valence-electron chi connectivity index (χ0n) is 14.9.